The molecule has 0 aliphatic heterocycles. The minimum Gasteiger partial charge on any atom is -0.507 e. The number of hydrogen-bond acceptors (Lipinski definition) is 4. The van der Waals surface area contributed by atoms with Gasteiger partial charge in [0.25, 0.3) is 5.91 Å². The highest BCUT2D eigenvalue weighted by atomic mass is 32.2. The van der Waals surface area contributed by atoms with Gasteiger partial charge in [-0.15, -0.1) is 11.8 Å². The van der Waals surface area contributed by atoms with Crippen molar-refractivity contribution in [1.29, 1.82) is 0 Å². The van der Waals surface area contributed by atoms with Crippen molar-refractivity contribution in [3.8, 4) is 5.75 Å². The number of aromatic hydroxyl groups is 1. The van der Waals surface area contributed by atoms with Gasteiger partial charge >= 0.3 is 0 Å². The van der Waals surface area contributed by atoms with Crippen LogP contribution in [0.2, 0.25) is 0 Å². The predicted molar refractivity (Wildman–Crippen MR) is 103 cm³/mol. The van der Waals surface area contributed by atoms with E-state index in [4.69, 9.17) is 0 Å². The second-order valence-electron chi connectivity index (χ2n) is 5.53. The number of carbonyl (C=O) groups excluding carboxylic acids is 1. The summed E-state index contributed by atoms with van der Waals surface area (Å²) in [5.41, 5.74) is 3.13. The Morgan fingerprint density at radius 2 is 1.80 bits per heavy atom. The first-order chi connectivity index (χ1) is 12.1. The highest BCUT2D eigenvalue weighted by Crippen LogP contribution is 2.25. The van der Waals surface area contributed by atoms with Gasteiger partial charge < -0.3 is 5.11 Å². The van der Waals surface area contributed by atoms with Gasteiger partial charge in [0.2, 0.25) is 0 Å². The van der Waals surface area contributed by atoms with Crippen LogP contribution >= 0.6 is 11.8 Å². The van der Waals surface area contributed by atoms with Crippen LogP contribution in [0.3, 0.4) is 0 Å². The minimum absolute atomic E-state index is 0.128. The number of phenols is 1. The zero-order chi connectivity index (χ0) is 17.6. The van der Waals surface area contributed by atoms with Gasteiger partial charge in [-0.05, 0) is 35.9 Å². The Balaban J connectivity index is 1.69. The van der Waals surface area contributed by atoms with Crippen molar-refractivity contribution in [2.45, 2.75) is 17.1 Å². The molecule has 3 aromatic rings. The second-order valence-corrected chi connectivity index (χ2v) is 6.94. The number of benzene rings is 3. The lowest BCUT2D eigenvalue weighted by Gasteiger charge is -2.09. The molecule has 0 aliphatic rings. The average Bonchev–Trinajstić information content (AvgIpc) is 2.64. The van der Waals surface area contributed by atoms with Gasteiger partial charge in [0.15, 0.2) is 0 Å². The Labute approximate surface area is 150 Å². The predicted octanol–water partition coefficient (Wildman–Crippen LogP) is 4.18. The van der Waals surface area contributed by atoms with E-state index in [0.29, 0.717) is 5.56 Å². The highest BCUT2D eigenvalue weighted by molar-refractivity contribution is 8.00. The molecule has 0 heterocycles. The third-order valence-electron chi connectivity index (χ3n) is 3.74. The van der Waals surface area contributed by atoms with E-state index in [2.05, 4.69) is 10.5 Å². The van der Waals surface area contributed by atoms with Gasteiger partial charge in [-0.3, -0.25) is 4.79 Å². The summed E-state index contributed by atoms with van der Waals surface area (Å²) in [6, 6.07) is 20.9. The van der Waals surface area contributed by atoms with Gasteiger partial charge in [0.1, 0.15) is 5.75 Å². The lowest BCUT2D eigenvalue weighted by Crippen LogP contribution is -2.26. The Hall–Kier alpha value is -2.79. The van der Waals surface area contributed by atoms with E-state index >= 15 is 0 Å². The van der Waals surface area contributed by atoms with E-state index in [9.17, 15) is 9.90 Å². The summed E-state index contributed by atoms with van der Waals surface area (Å²) >= 11 is 1.47. The molecule has 126 valence electrons. The number of carbonyl (C=O) groups is 1. The zero-order valence-electron chi connectivity index (χ0n) is 13.7. The molecule has 0 aromatic heterocycles. The molecule has 3 aromatic carbocycles. The standard InChI is InChI=1S/C20H18N2O2S/c1-14(25-16-8-3-2-4-9-16)20(24)22-21-13-18-17-10-6-5-7-15(17)11-12-19(18)23/h2-14,23H,1H3,(H,22,24)/b21-13-/t14-/m0/s1. The van der Waals surface area contributed by atoms with E-state index < -0.39 is 0 Å². The van der Waals surface area contributed by atoms with Crippen LogP contribution in [0.25, 0.3) is 10.8 Å². The molecule has 0 saturated heterocycles. The van der Waals surface area contributed by atoms with Crippen LogP contribution < -0.4 is 5.43 Å². The van der Waals surface area contributed by atoms with E-state index in [-0.39, 0.29) is 16.9 Å². The van der Waals surface area contributed by atoms with Crippen molar-refractivity contribution in [2.75, 3.05) is 0 Å². The second kappa shape index (κ2) is 7.85. The lowest BCUT2D eigenvalue weighted by molar-refractivity contribution is -0.120. The molecule has 5 heteroatoms. The largest absolute Gasteiger partial charge is 0.507 e. The quantitative estimate of drug-likeness (QED) is 0.412. The Bertz CT molecular complexity index is 910. The number of nitrogens with zero attached hydrogens (tertiary/aromatic N) is 1. The fourth-order valence-corrected chi connectivity index (χ4v) is 3.31. The maximum atomic E-state index is 12.2. The Morgan fingerprint density at radius 3 is 2.60 bits per heavy atom. The van der Waals surface area contributed by atoms with E-state index in [1.807, 2.05) is 67.6 Å². The molecule has 0 unspecified atom stereocenters. The van der Waals surface area contributed by atoms with Crippen LogP contribution in [0.4, 0.5) is 0 Å². The van der Waals surface area contributed by atoms with Gasteiger partial charge in [-0.25, -0.2) is 5.43 Å². The molecule has 4 nitrogen and oxygen atoms in total. The first-order valence-electron chi connectivity index (χ1n) is 7.90. The number of thioether (sulfide) groups is 1. The normalized spacial score (nSPS) is 12.4. The molecule has 1 amide bonds. The lowest BCUT2D eigenvalue weighted by atomic mass is 10.0. The Kier molecular flexibility index (Phi) is 5.36. The van der Waals surface area contributed by atoms with E-state index in [0.717, 1.165) is 15.7 Å². The third kappa shape index (κ3) is 4.19. The summed E-state index contributed by atoms with van der Waals surface area (Å²) in [7, 11) is 0. The van der Waals surface area contributed by atoms with Gasteiger partial charge in [0.05, 0.1) is 11.5 Å². The molecule has 25 heavy (non-hydrogen) atoms. The van der Waals surface area contributed by atoms with Gasteiger partial charge in [-0.2, -0.15) is 5.10 Å². The third-order valence-corrected chi connectivity index (χ3v) is 4.85. The molecule has 0 fully saturated rings. The van der Waals surface area contributed by atoms with Gasteiger partial charge in [0, 0.05) is 10.5 Å². The molecule has 0 spiro atoms. The van der Waals surface area contributed by atoms with Crippen LogP contribution in [0.5, 0.6) is 5.75 Å². The number of hydrazone groups is 1. The van der Waals surface area contributed by atoms with Crippen LogP contribution in [-0.4, -0.2) is 22.5 Å². The number of rotatable bonds is 5. The van der Waals surface area contributed by atoms with Crippen molar-refractivity contribution < 1.29 is 9.90 Å². The maximum Gasteiger partial charge on any atom is 0.253 e. The highest BCUT2D eigenvalue weighted by Gasteiger charge is 2.13. The monoisotopic (exact) mass is 350 g/mol. The molecule has 2 N–H and O–H groups in total. The molecule has 0 aliphatic carbocycles. The number of hydrogen-bond donors (Lipinski definition) is 2. The molecule has 3 rings (SSSR count). The van der Waals surface area contributed by atoms with Crippen LogP contribution in [0.15, 0.2) is 76.7 Å². The van der Waals surface area contributed by atoms with Crippen molar-refractivity contribution in [3.05, 3.63) is 72.3 Å². The summed E-state index contributed by atoms with van der Waals surface area (Å²) in [5, 5.41) is 15.7. The molecule has 0 bridgehead atoms. The fourth-order valence-electron chi connectivity index (χ4n) is 2.43. The first-order valence-corrected chi connectivity index (χ1v) is 8.78. The van der Waals surface area contributed by atoms with Crippen molar-refractivity contribution >= 4 is 34.7 Å². The van der Waals surface area contributed by atoms with Crippen LogP contribution in [-0.2, 0) is 4.79 Å². The molecule has 0 radical (unpaired) electrons. The number of phenolic OH excluding ortho intramolecular Hbond substituents is 1. The van der Waals surface area contributed by atoms with Crippen molar-refractivity contribution in [1.82, 2.24) is 5.43 Å². The summed E-state index contributed by atoms with van der Waals surface area (Å²) in [4.78, 5) is 13.2. The smallest absolute Gasteiger partial charge is 0.253 e. The van der Waals surface area contributed by atoms with Gasteiger partial charge in [-0.1, -0.05) is 48.5 Å². The maximum absolute atomic E-state index is 12.2. The first kappa shape index (κ1) is 17.0. The minimum atomic E-state index is -0.277. The van der Waals surface area contributed by atoms with Crippen molar-refractivity contribution in [2.24, 2.45) is 5.10 Å². The number of fused-ring (bicyclic) bond motifs is 1. The van der Waals surface area contributed by atoms with Crippen LogP contribution in [0.1, 0.15) is 12.5 Å². The summed E-state index contributed by atoms with van der Waals surface area (Å²) in [5.74, 6) is -0.0618. The summed E-state index contributed by atoms with van der Waals surface area (Å²) < 4.78 is 0. The summed E-state index contributed by atoms with van der Waals surface area (Å²) in [6.45, 7) is 1.83. The Morgan fingerprint density at radius 1 is 1.08 bits per heavy atom. The molecular formula is C20H18N2O2S. The zero-order valence-corrected chi connectivity index (χ0v) is 14.5. The molecule has 1 atom stereocenters. The van der Waals surface area contributed by atoms with E-state index in [1.165, 1.54) is 18.0 Å². The summed E-state index contributed by atoms with van der Waals surface area (Å²) in [6.07, 6.45) is 1.48. The number of amides is 1. The fraction of sp³-hybridized carbons (Fsp3) is 0.100. The molecular weight excluding hydrogens is 332 g/mol. The van der Waals surface area contributed by atoms with Crippen molar-refractivity contribution in [3.63, 3.8) is 0 Å². The van der Waals surface area contributed by atoms with E-state index in [1.54, 1.807) is 6.07 Å². The average molecular weight is 350 g/mol. The SMILES string of the molecule is C[C@H](Sc1ccccc1)C(=O)N/N=C\c1c(O)ccc2ccccc12. The topological polar surface area (TPSA) is 61.7 Å². The molecule has 0 saturated carbocycles. The number of nitrogens with one attached hydrogen (secondary N) is 1. The van der Waals surface area contributed by atoms with Crippen LogP contribution in [0, 0.1) is 0 Å².